The van der Waals surface area contributed by atoms with E-state index in [1.54, 1.807) is 36.3 Å². The lowest BCUT2D eigenvalue weighted by Gasteiger charge is -2.33. The topological polar surface area (TPSA) is 96.0 Å². The van der Waals surface area contributed by atoms with Crippen molar-refractivity contribution in [1.82, 2.24) is 15.1 Å². The smallest absolute Gasteiger partial charge is 0.287 e. The molecule has 0 radical (unpaired) electrons. The Labute approximate surface area is 168 Å². The fraction of sp³-hybridized carbons (Fsp3) is 0.476. The van der Waals surface area contributed by atoms with Crippen LogP contribution in [0.15, 0.2) is 39.4 Å². The number of nitrogens with one attached hydrogen (secondary N) is 1. The lowest BCUT2D eigenvalue weighted by molar-refractivity contribution is -0.136. The van der Waals surface area contributed by atoms with Gasteiger partial charge in [0, 0.05) is 32.1 Å². The Hall–Kier alpha value is -3.03. The second-order valence-electron chi connectivity index (χ2n) is 7.74. The Morgan fingerprint density at radius 3 is 2.66 bits per heavy atom. The van der Waals surface area contributed by atoms with Gasteiger partial charge in [0.15, 0.2) is 5.76 Å². The van der Waals surface area contributed by atoms with Crippen LogP contribution in [0.4, 0.5) is 0 Å². The third-order valence-corrected chi connectivity index (χ3v) is 5.60. The third-order valence-electron chi connectivity index (χ3n) is 5.60. The molecule has 1 atom stereocenters. The highest BCUT2D eigenvalue weighted by atomic mass is 16.3. The van der Waals surface area contributed by atoms with Gasteiger partial charge >= 0.3 is 0 Å². The minimum Gasteiger partial charge on any atom is -0.467 e. The largest absolute Gasteiger partial charge is 0.467 e. The summed E-state index contributed by atoms with van der Waals surface area (Å²) >= 11 is 0. The molecule has 2 aliphatic heterocycles. The fourth-order valence-electron chi connectivity index (χ4n) is 4.00. The van der Waals surface area contributed by atoms with Gasteiger partial charge in [-0.1, -0.05) is 0 Å². The number of carbonyl (C=O) groups excluding carboxylic acids is 3. The van der Waals surface area contributed by atoms with E-state index in [2.05, 4.69) is 5.32 Å². The number of furan rings is 2. The van der Waals surface area contributed by atoms with Crippen molar-refractivity contribution in [2.45, 2.75) is 38.8 Å². The molecule has 154 valence electrons. The van der Waals surface area contributed by atoms with E-state index in [0.717, 1.165) is 5.76 Å². The molecule has 2 fully saturated rings. The predicted octanol–water partition coefficient (Wildman–Crippen LogP) is 1.95. The Morgan fingerprint density at radius 1 is 1.21 bits per heavy atom. The fourth-order valence-corrected chi connectivity index (χ4v) is 4.00. The number of nitrogens with zero attached hydrogens (tertiary/aromatic N) is 2. The minimum absolute atomic E-state index is 0.0117. The van der Waals surface area contributed by atoms with E-state index in [9.17, 15) is 14.4 Å². The van der Waals surface area contributed by atoms with Crippen LogP contribution in [-0.4, -0.2) is 53.2 Å². The van der Waals surface area contributed by atoms with E-state index in [1.807, 2.05) is 11.0 Å². The van der Waals surface area contributed by atoms with Crippen molar-refractivity contribution in [3.8, 4) is 0 Å². The van der Waals surface area contributed by atoms with E-state index in [1.165, 1.54) is 0 Å². The molecule has 0 spiro atoms. The summed E-state index contributed by atoms with van der Waals surface area (Å²) in [5.74, 6) is 1.19. The Kier molecular flexibility index (Phi) is 5.42. The number of hydrogen-bond acceptors (Lipinski definition) is 5. The van der Waals surface area contributed by atoms with Gasteiger partial charge < -0.3 is 24.0 Å². The van der Waals surface area contributed by atoms with Crippen LogP contribution in [0.25, 0.3) is 0 Å². The summed E-state index contributed by atoms with van der Waals surface area (Å²) in [5.41, 5.74) is 0. The molecule has 0 aliphatic carbocycles. The molecule has 8 nitrogen and oxygen atoms in total. The minimum atomic E-state index is -0.310. The number of aryl methyl sites for hydroxylation is 1. The second kappa shape index (κ2) is 8.14. The Bertz CT molecular complexity index is 880. The number of rotatable bonds is 5. The summed E-state index contributed by atoms with van der Waals surface area (Å²) in [6.07, 6.45) is 3.20. The maximum Gasteiger partial charge on any atom is 0.287 e. The SMILES string of the molecule is Cc1ccc(C(=O)NC2CCN(C(=O)C3CC(=O)N(Cc4ccco4)C3)CC2)o1. The van der Waals surface area contributed by atoms with Gasteiger partial charge in [-0.2, -0.15) is 0 Å². The molecule has 1 unspecified atom stereocenters. The maximum absolute atomic E-state index is 12.9. The van der Waals surface area contributed by atoms with Crippen LogP contribution in [0, 0.1) is 12.8 Å². The number of hydrogen-bond donors (Lipinski definition) is 1. The number of likely N-dealkylation sites (tertiary alicyclic amines) is 2. The van der Waals surface area contributed by atoms with E-state index in [4.69, 9.17) is 8.83 Å². The summed E-state index contributed by atoms with van der Waals surface area (Å²) in [7, 11) is 0. The maximum atomic E-state index is 12.9. The molecular weight excluding hydrogens is 374 g/mol. The van der Waals surface area contributed by atoms with Gasteiger partial charge in [-0.3, -0.25) is 14.4 Å². The predicted molar refractivity (Wildman–Crippen MR) is 103 cm³/mol. The van der Waals surface area contributed by atoms with Crippen molar-refractivity contribution in [3.63, 3.8) is 0 Å². The molecule has 3 amide bonds. The zero-order valence-electron chi connectivity index (χ0n) is 16.4. The van der Waals surface area contributed by atoms with Crippen LogP contribution in [0.2, 0.25) is 0 Å². The van der Waals surface area contributed by atoms with E-state index in [-0.39, 0.29) is 36.1 Å². The van der Waals surface area contributed by atoms with Gasteiger partial charge in [0.2, 0.25) is 11.8 Å². The summed E-state index contributed by atoms with van der Waals surface area (Å²) in [6, 6.07) is 7.04. The molecule has 4 rings (SSSR count). The van der Waals surface area contributed by atoms with Gasteiger partial charge in [-0.25, -0.2) is 0 Å². The zero-order valence-corrected chi connectivity index (χ0v) is 16.4. The van der Waals surface area contributed by atoms with Crippen LogP contribution >= 0.6 is 0 Å². The van der Waals surface area contributed by atoms with Crippen molar-refractivity contribution >= 4 is 17.7 Å². The first kappa shape index (κ1) is 19.3. The molecular formula is C21H25N3O5. The van der Waals surface area contributed by atoms with Crippen LogP contribution in [0.3, 0.4) is 0 Å². The average Bonchev–Trinajstić information content (AvgIpc) is 3.45. The molecule has 0 saturated carbocycles. The van der Waals surface area contributed by atoms with Gasteiger partial charge in [0.05, 0.1) is 18.7 Å². The van der Waals surface area contributed by atoms with E-state index >= 15 is 0 Å². The quantitative estimate of drug-likeness (QED) is 0.829. The first-order valence-electron chi connectivity index (χ1n) is 9.96. The molecule has 4 heterocycles. The first-order valence-corrected chi connectivity index (χ1v) is 9.96. The highest BCUT2D eigenvalue weighted by Gasteiger charge is 2.37. The van der Waals surface area contributed by atoms with Crippen molar-refractivity contribution in [1.29, 1.82) is 0 Å². The molecule has 0 bridgehead atoms. The molecule has 1 N–H and O–H groups in total. The Morgan fingerprint density at radius 2 is 2.00 bits per heavy atom. The van der Waals surface area contributed by atoms with Crippen molar-refractivity contribution < 1.29 is 23.2 Å². The van der Waals surface area contributed by atoms with E-state index < -0.39 is 0 Å². The molecule has 2 aliphatic rings. The second-order valence-corrected chi connectivity index (χ2v) is 7.74. The molecule has 8 heteroatoms. The van der Waals surface area contributed by atoms with Gasteiger partial charge in [0.1, 0.15) is 11.5 Å². The molecule has 2 aromatic rings. The third kappa shape index (κ3) is 4.36. The lowest BCUT2D eigenvalue weighted by atomic mass is 10.0. The highest BCUT2D eigenvalue weighted by Crippen LogP contribution is 2.24. The summed E-state index contributed by atoms with van der Waals surface area (Å²) in [5, 5.41) is 2.97. The molecule has 29 heavy (non-hydrogen) atoms. The molecule has 2 aromatic heterocycles. The first-order chi connectivity index (χ1) is 14.0. The van der Waals surface area contributed by atoms with E-state index in [0.29, 0.717) is 50.5 Å². The van der Waals surface area contributed by atoms with Gasteiger partial charge in [0.25, 0.3) is 5.91 Å². The van der Waals surface area contributed by atoms with Gasteiger partial charge in [-0.15, -0.1) is 0 Å². The van der Waals surface area contributed by atoms with Gasteiger partial charge in [-0.05, 0) is 44.0 Å². The Balaban J connectivity index is 1.26. The summed E-state index contributed by atoms with van der Waals surface area (Å²) in [4.78, 5) is 40.8. The van der Waals surface area contributed by atoms with Crippen LogP contribution in [0.1, 0.15) is 41.3 Å². The van der Waals surface area contributed by atoms with Crippen LogP contribution < -0.4 is 5.32 Å². The van der Waals surface area contributed by atoms with Crippen LogP contribution in [0.5, 0.6) is 0 Å². The van der Waals surface area contributed by atoms with Crippen molar-refractivity contribution in [2.24, 2.45) is 5.92 Å². The molecule has 2 saturated heterocycles. The summed E-state index contributed by atoms with van der Waals surface area (Å²) in [6.45, 7) is 3.76. The summed E-state index contributed by atoms with van der Waals surface area (Å²) < 4.78 is 10.7. The number of carbonyl (C=O) groups is 3. The number of piperidine rings is 1. The standard InChI is InChI=1S/C21H25N3O5/c1-14-4-5-18(29-14)20(26)22-16-6-8-23(9-7-16)21(27)15-11-19(25)24(12-15)13-17-3-2-10-28-17/h2-5,10,15-16H,6-9,11-13H2,1H3,(H,22,26). The zero-order chi connectivity index (χ0) is 20.4. The monoisotopic (exact) mass is 399 g/mol. The lowest BCUT2D eigenvalue weighted by Crippen LogP contribution is -2.48. The van der Waals surface area contributed by atoms with Crippen LogP contribution in [-0.2, 0) is 16.1 Å². The number of amides is 3. The molecule has 0 aromatic carbocycles. The normalized spacial score (nSPS) is 20.3. The average molecular weight is 399 g/mol. The van der Waals surface area contributed by atoms with Crippen molar-refractivity contribution in [3.05, 3.63) is 47.8 Å². The highest BCUT2D eigenvalue weighted by molar-refractivity contribution is 5.92. The van der Waals surface area contributed by atoms with Crippen molar-refractivity contribution in [2.75, 3.05) is 19.6 Å².